The fraction of sp³-hybridized carbons (Fsp3) is 0.577. The van der Waals surface area contributed by atoms with Crippen LogP contribution in [-0.4, -0.2) is 29.2 Å². The van der Waals surface area contributed by atoms with E-state index in [1.165, 1.54) is 70.3 Å². The quantitative estimate of drug-likeness (QED) is 0.288. The maximum absolute atomic E-state index is 12.7. The fourth-order valence-electron chi connectivity index (χ4n) is 3.69. The number of unbranched alkanes of at least 4 members (excludes halogenated alkanes) is 10. The van der Waals surface area contributed by atoms with Gasteiger partial charge in [0.25, 0.3) is 0 Å². The number of hydrogen-bond donors (Lipinski definition) is 1. The van der Waals surface area contributed by atoms with Gasteiger partial charge in [-0.15, -0.1) is 0 Å². The number of sulfone groups is 1. The van der Waals surface area contributed by atoms with Crippen molar-refractivity contribution < 1.29 is 13.5 Å². The Bertz CT molecular complexity index is 901. The molecule has 0 fully saturated rings. The van der Waals surface area contributed by atoms with E-state index >= 15 is 0 Å². The van der Waals surface area contributed by atoms with E-state index in [4.69, 9.17) is 0 Å². The normalized spacial score (nSPS) is 13.1. The van der Waals surface area contributed by atoms with Crippen molar-refractivity contribution in [3.63, 3.8) is 0 Å². The molecule has 0 aliphatic carbocycles. The first-order chi connectivity index (χ1) is 15.4. The highest BCUT2D eigenvalue weighted by Gasteiger charge is 2.20. The molecule has 1 aromatic carbocycles. The third kappa shape index (κ3) is 9.29. The molecule has 1 unspecified atom stereocenters. The lowest BCUT2D eigenvalue weighted by molar-refractivity contribution is 0.208. The summed E-state index contributed by atoms with van der Waals surface area (Å²) in [6.45, 7) is 4.16. The molecule has 0 saturated carbocycles. The third-order valence-corrected chi connectivity index (χ3v) is 7.42. The Morgan fingerprint density at radius 3 is 2.09 bits per heavy atom. The molecule has 1 heterocycles. The van der Waals surface area contributed by atoms with Crippen molar-refractivity contribution in [2.45, 2.75) is 107 Å². The van der Waals surface area contributed by atoms with Crippen LogP contribution in [0.3, 0.4) is 0 Å². The smallest absolute Gasteiger partial charge is 0.225 e. The molecule has 5 nitrogen and oxygen atoms in total. The number of aliphatic hydroxyl groups excluding tert-OH is 1. The molecule has 0 bridgehead atoms. The average Bonchev–Trinajstić information content (AvgIpc) is 3.26. The van der Waals surface area contributed by atoms with Gasteiger partial charge in [-0.1, -0.05) is 95.2 Å². The Morgan fingerprint density at radius 2 is 1.50 bits per heavy atom. The monoisotopic (exact) mass is 460 g/mol. The Hall–Kier alpha value is -1.92. The van der Waals surface area contributed by atoms with Gasteiger partial charge in [0.15, 0.2) is 5.03 Å². The van der Waals surface area contributed by atoms with Crippen molar-refractivity contribution in [3.8, 4) is 0 Å². The number of imidazole rings is 1. The van der Waals surface area contributed by atoms with Crippen molar-refractivity contribution in [2.75, 3.05) is 0 Å². The first kappa shape index (κ1) is 26.3. The summed E-state index contributed by atoms with van der Waals surface area (Å²) in [4.78, 5) is 4.27. The van der Waals surface area contributed by atoms with Gasteiger partial charge in [-0.3, -0.25) is 0 Å². The predicted octanol–water partition coefficient (Wildman–Crippen LogP) is 6.56. The number of aryl methyl sites for hydroxylation is 1. The van der Waals surface area contributed by atoms with E-state index in [0.717, 1.165) is 24.8 Å². The molecule has 0 aliphatic heterocycles. The molecule has 0 amide bonds. The first-order valence-corrected chi connectivity index (χ1v) is 13.6. The molecular weight excluding hydrogens is 420 g/mol. The summed E-state index contributed by atoms with van der Waals surface area (Å²) >= 11 is 0. The molecular formula is C26H40N2O3S. The lowest BCUT2D eigenvalue weighted by atomic mass is 10.0. The molecule has 6 heteroatoms. The van der Waals surface area contributed by atoms with Gasteiger partial charge in [0, 0.05) is 12.4 Å². The first-order valence-electron chi connectivity index (χ1n) is 12.1. The van der Waals surface area contributed by atoms with Gasteiger partial charge in [0.05, 0.1) is 11.0 Å². The van der Waals surface area contributed by atoms with E-state index in [1.807, 2.05) is 6.92 Å². The zero-order valence-corrected chi connectivity index (χ0v) is 20.6. The lowest BCUT2D eigenvalue weighted by Crippen LogP contribution is -2.03. The molecule has 0 spiro atoms. The molecule has 0 aliphatic rings. The van der Waals surface area contributed by atoms with Gasteiger partial charge in [0.1, 0.15) is 6.33 Å². The summed E-state index contributed by atoms with van der Waals surface area (Å²) < 4.78 is 26.9. The highest BCUT2D eigenvalue weighted by Crippen LogP contribution is 2.19. The summed E-state index contributed by atoms with van der Waals surface area (Å²) in [5.41, 5.74) is 1.00. The largest absolute Gasteiger partial charge is 0.389 e. The standard InChI is InChI=1S/C26H40N2O3S/c1-3-4-5-6-7-8-9-10-11-12-13-14-24(29)19-20-28-21-26(27-22-28)32(30,31)25-17-15-23(2)16-18-25/h15-22,24,29H,3-14H2,1-2H3/b20-19+. The van der Waals surface area contributed by atoms with E-state index in [2.05, 4.69) is 11.9 Å². The van der Waals surface area contributed by atoms with Crippen LogP contribution in [0.5, 0.6) is 0 Å². The van der Waals surface area contributed by atoms with Gasteiger partial charge in [0.2, 0.25) is 9.84 Å². The lowest BCUT2D eigenvalue weighted by Gasteiger charge is -2.06. The molecule has 1 N–H and O–H groups in total. The minimum Gasteiger partial charge on any atom is -0.389 e. The minimum absolute atomic E-state index is 0.00542. The van der Waals surface area contributed by atoms with Crippen LogP contribution in [0.4, 0.5) is 0 Å². The van der Waals surface area contributed by atoms with E-state index < -0.39 is 15.9 Å². The van der Waals surface area contributed by atoms with Gasteiger partial charge >= 0.3 is 0 Å². The van der Waals surface area contributed by atoms with Crippen LogP contribution in [0.25, 0.3) is 6.20 Å². The van der Waals surface area contributed by atoms with Crippen LogP contribution in [0.1, 0.15) is 89.5 Å². The minimum atomic E-state index is -3.64. The van der Waals surface area contributed by atoms with E-state index in [0.29, 0.717) is 0 Å². The number of aliphatic hydroxyl groups is 1. The van der Waals surface area contributed by atoms with Crippen LogP contribution in [0.2, 0.25) is 0 Å². The zero-order valence-electron chi connectivity index (χ0n) is 19.7. The van der Waals surface area contributed by atoms with Crippen molar-refractivity contribution in [2.24, 2.45) is 0 Å². The summed E-state index contributed by atoms with van der Waals surface area (Å²) in [6, 6.07) is 6.73. The van der Waals surface area contributed by atoms with Crippen LogP contribution in [0.15, 0.2) is 52.8 Å². The fourth-order valence-corrected chi connectivity index (χ4v) is 4.87. The Morgan fingerprint density at radius 1 is 0.938 bits per heavy atom. The highest BCUT2D eigenvalue weighted by molar-refractivity contribution is 7.91. The topological polar surface area (TPSA) is 72.2 Å². The maximum Gasteiger partial charge on any atom is 0.225 e. The SMILES string of the molecule is CCCCCCCCCCCCCC(O)/C=C/n1cnc(S(=O)(=O)c2ccc(C)cc2)c1. The molecule has 178 valence electrons. The number of benzene rings is 1. The number of rotatable bonds is 16. The van der Waals surface area contributed by atoms with Gasteiger partial charge in [-0.2, -0.15) is 0 Å². The second-order valence-corrected chi connectivity index (χ2v) is 10.6. The highest BCUT2D eigenvalue weighted by atomic mass is 32.2. The van der Waals surface area contributed by atoms with Crippen molar-refractivity contribution in [3.05, 3.63) is 48.4 Å². The van der Waals surface area contributed by atoms with Crippen LogP contribution >= 0.6 is 0 Å². The Balaban J connectivity index is 1.65. The second kappa shape index (κ2) is 14.3. The summed E-state index contributed by atoms with van der Waals surface area (Å²) in [6.07, 6.45) is 20.6. The van der Waals surface area contributed by atoms with Crippen molar-refractivity contribution in [1.82, 2.24) is 9.55 Å². The molecule has 32 heavy (non-hydrogen) atoms. The Labute approximate surface area is 194 Å². The van der Waals surface area contributed by atoms with E-state index in [-0.39, 0.29) is 9.92 Å². The number of hydrogen-bond acceptors (Lipinski definition) is 4. The molecule has 0 saturated heterocycles. The van der Waals surface area contributed by atoms with Crippen molar-refractivity contribution >= 4 is 16.0 Å². The molecule has 1 aromatic heterocycles. The molecule has 0 radical (unpaired) electrons. The summed E-state index contributed by atoms with van der Waals surface area (Å²) in [5.74, 6) is 0. The predicted molar refractivity (Wildman–Crippen MR) is 131 cm³/mol. The van der Waals surface area contributed by atoms with E-state index in [1.54, 1.807) is 41.1 Å². The molecule has 2 aromatic rings. The Kier molecular flexibility index (Phi) is 11.7. The van der Waals surface area contributed by atoms with Crippen LogP contribution < -0.4 is 0 Å². The van der Waals surface area contributed by atoms with Crippen LogP contribution in [0, 0.1) is 6.92 Å². The van der Waals surface area contributed by atoms with E-state index in [9.17, 15) is 13.5 Å². The summed E-state index contributed by atoms with van der Waals surface area (Å²) in [7, 11) is -3.64. The average molecular weight is 461 g/mol. The summed E-state index contributed by atoms with van der Waals surface area (Å²) in [5, 5.41) is 10.2. The molecule has 1 atom stereocenters. The van der Waals surface area contributed by atoms with Gasteiger partial charge < -0.3 is 9.67 Å². The van der Waals surface area contributed by atoms with Crippen molar-refractivity contribution in [1.29, 1.82) is 0 Å². The number of nitrogens with zero attached hydrogens (tertiary/aromatic N) is 2. The van der Waals surface area contributed by atoms with Gasteiger partial charge in [-0.25, -0.2) is 13.4 Å². The number of aromatic nitrogens is 2. The van der Waals surface area contributed by atoms with Crippen LogP contribution in [-0.2, 0) is 9.84 Å². The maximum atomic E-state index is 12.7. The second-order valence-electron chi connectivity index (χ2n) is 8.71. The van der Waals surface area contributed by atoms with Gasteiger partial charge in [-0.05, 0) is 31.6 Å². The molecule has 2 rings (SSSR count). The third-order valence-electron chi connectivity index (χ3n) is 5.77. The zero-order chi connectivity index (χ0) is 23.2.